The second kappa shape index (κ2) is 11.4. The molecule has 1 aromatic heterocycles. The number of amides is 1. The number of nitrogens with two attached hydrogens (primary N) is 1. The van der Waals surface area contributed by atoms with Gasteiger partial charge in [-0.1, -0.05) is 19.1 Å². The number of rotatable bonds is 6. The summed E-state index contributed by atoms with van der Waals surface area (Å²) in [5, 5.41) is 0. The third kappa shape index (κ3) is 6.21. The Bertz CT molecular complexity index is 1070. The highest BCUT2D eigenvalue weighted by atomic mass is 32.1. The molecule has 1 aliphatic heterocycles. The monoisotopic (exact) mass is 469 g/mol. The summed E-state index contributed by atoms with van der Waals surface area (Å²) in [7, 11) is 2.07. The Balaban J connectivity index is 0.000000968. The lowest BCUT2D eigenvalue weighted by molar-refractivity contribution is 0.100. The molecule has 8 heteroatoms. The molecular weight excluding hydrogens is 434 g/mol. The van der Waals surface area contributed by atoms with Gasteiger partial charge in [0.05, 0.1) is 34.9 Å². The van der Waals surface area contributed by atoms with E-state index in [1.54, 1.807) is 6.07 Å². The van der Waals surface area contributed by atoms with E-state index < -0.39 is 5.91 Å². The largest absolute Gasteiger partial charge is 0.491 e. The van der Waals surface area contributed by atoms with Gasteiger partial charge in [0.2, 0.25) is 0 Å². The highest BCUT2D eigenvalue weighted by molar-refractivity contribution is 7.80. The number of thiol groups is 1. The van der Waals surface area contributed by atoms with E-state index in [1.807, 2.05) is 51.1 Å². The number of carbonyl (C=O) groups excluding carboxylic acids is 1. The van der Waals surface area contributed by atoms with Crippen molar-refractivity contribution >= 4 is 35.3 Å². The van der Waals surface area contributed by atoms with E-state index >= 15 is 0 Å². The van der Waals surface area contributed by atoms with E-state index in [-0.39, 0.29) is 6.10 Å². The van der Waals surface area contributed by atoms with Crippen LogP contribution >= 0.6 is 12.6 Å². The minimum absolute atomic E-state index is 0.0717. The third-order valence-corrected chi connectivity index (χ3v) is 5.56. The summed E-state index contributed by atoms with van der Waals surface area (Å²) in [6.45, 7) is 10.2. The number of aromatic nitrogens is 2. The Hall–Kier alpha value is -2.71. The minimum atomic E-state index is -0.414. The quantitative estimate of drug-likeness (QED) is 0.538. The first-order chi connectivity index (χ1) is 15.8. The predicted molar refractivity (Wildman–Crippen MR) is 138 cm³/mol. The molecule has 33 heavy (non-hydrogen) atoms. The molecule has 2 N–H and O–H groups in total. The van der Waals surface area contributed by atoms with Crippen molar-refractivity contribution in [1.82, 2.24) is 14.5 Å². The van der Waals surface area contributed by atoms with Gasteiger partial charge in [0.15, 0.2) is 0 Å². The normalized spacial score (nSPS) is 14.3. The van der Waals surface area contributed by atoms with Crippen LogP contribution in [-0.2, 0) is 13.6 Å². The number of imidazole rings is 1. The zero-order valence-electron chi connectivity index (χ0n) is 20.0. The van der Waals surface area contributed by atoms with Crippen LogP contribution in [-0.4, -0.2) is 58.4 Å². The van der Waals surface area contributed by atoms with Gasteiger partial charge in [0.1, 0.15) is 11.6 Å². The predicted octanol–water partition coefficient (Wildman–Crippen LogP) is 3.72. The van der Waals surface area contributed by atoms with Crippen molar-refractivity contribution in [2.75, 3.05) is 36.8 Å². The Morgan fingerprint density at radius 3 is 2.42 bits per heavy atom. The SMILES string of the molecule is CC(C)Oc1ccc(C(N)=O)c(N2CCN(Cc3nc4ccccc4n3C)CC2)c1.CCS. The summed E-state index contributed by atoms with van der Waals surface area (Å²) in [4.78, 5) is 21.4. The smallest absolute Gasteiger partial charge is 0.250 e. The summed E-state index contributed by atoms with van der Waals surface area (Å²) in [5.74, 6) is 2.35. The van der Waals surface area contributed by atoms with Crippen LogP contribution in [0.25, 0.3) is 11.0 Å². The van der Waals surface area contributed by atoms with E-state index in [0.717, 1.165) is 66.8 Å². The van der Waals surface area contributed by atoms with E-state index in [9.17, 15) is 4.79 Å². The molecule has 3 aromatic rings. The number of carbonyl (C=O) groups is 1. The van der Waals surface area contributed by atoms with Crippen molar-refractivity contribution in [3.8, 4) is 5.75 Å². The maximum absolute atomic E-state index is 12.0. The van der Waals surface area contributed by atoms with Gasteiger partial charge < -0.3 is 19.9 Å². The third-order valence-electron chi connectivity index (χ3n) is 5.56. The van der Waals surface area contributed by atoms with Crippen molar-refractivity contribution < 1.29 is 9.53 Å². The number of para-hydroxylation sites is 2. The van der Waals surface area contributed by atoms with E-state index in [4.69, 9.17) is 15.5 Å². The molecule has 1 fully saturated rings. The number of primary amides is 1. The minimum Gasteiger partial charge on any atom is -0.491 e. The number of benzene rings is 2. The van der Waals surface area contributed by atoms with Gasteiger partial charge in [-0.15, -0.1) is 0 Å². The molecule has 1 amide bonds. The lowest BCUT2D eigenvalue weighted by Crippen LogP contribution is -2.46. The summed E-state index contributed by atoms with van der Waals surface area (Å²) >= 11 is 3.79. The van der Waals surface area contributed by atoms with Crippen molar-refractivity contribution in [2.45, 2.75) is 33.4 Å². The molecule has 0 atom stereocenters. The number of hydrogen-bond acceptors (Lipinski definition) is 6. The second-order valence-electron chi connectivity index (χ2n) is 8.36. The number of anilines is 1. The lowest BCUT2D eigenvalue weighted by Gasteiger charge is -2.36. The average Bonchev–Trinajstić information content (AvgIpc) is 3.10. The second-order valence-corrected chi connectivity index (χ2v) is 9.00. The van der Waals surface area contributed by atoms with Gasteiger partial charge >= 0.3 is 0 Å². The number of piperazine rings is 1. The first kappa shape index (κ1) is 24.9. The highest BCUT2D eigenvalue weighted by Gasteiger charge is 2.23. The topological polar surface area (TPSA) is 76.6 Å². The van der Waals surface area contributed by atoms with E-state index in [2.05, 4.69) is 40.1 Å². The summed E-state index contributed by atoms with van der Waals surface area (Å²) < 4.78 is 7.99. The molecule has 1 aliphatic rings. The van der Waals surface area contributed by atoms with Crippen LogP contribution in [0.2, 0.25) is 0 Å². The molecule has 178 valence electrons. The Morgan fingerprint density at radius 1 is 1.15 bits per heavy atom. The fourth-order valence-corrected chi connectivity index (χ4v) is 4.01. The van der Waals surface area contributed by atoms with Gasteiger partial charge in [-0.25, -0.2) is 4.98 Å². The van der Waals surface area contributed by atoms with Crippen LogP contribution in [0.1, 0.15) is 37.0 Å². The maximum atomic E-state index is 12.0. The molecule has 0 saturated carbocycles. The molecule has 0 radical (unpaired) electrons. The van der Waals surface area contributed by atoms with Crippen LogP contribution in [0, 0.1) is 0 Å². The van der Waals surface area contributed by atoms with Crippen LogP contribution in [0.15, 0.2) is 42.5 Å². The van der Waals surface area contributed by atoms with Crippen LogP contribution < -0.4 is 15.4 Å². The van der Waals surface area contributed by atoms with E-state index in [0.29, 0.717) is 5.56 Å². The molecule has 0 spiro atoms. The zero-order chi connectivity index (χ0) is 24.0. The van der Waals surface area contributed by atoms with Crippen molar-refractivity contribution in [3.05, 3.63) is 53.9 Å². The average molecular weight is 470 g/mol. The van der Waals surface area contributed by atoms with Crippen molar-refractivity contribution in [1.29, 1.82) is 0 Å². The van der Waals surface area contributed by atoms with Crippen molar-refractivity contribution in [3.63, 3.8) is 0 Å². The molecule has 7 nitrogen and oxygen atoms in total. The molecule has 1 saturated heterocycles. The zero-order valence-corrected chi connectivity index (χ0v) is 20.9. The summed E-state index contributed by atoms with van der Waals surface area (Å²) in [5.41, 5.74) is 9.20. The van der Waals surface area contributed by atoms with Gasteiger partial charge in [0.25, 0.3) is 5.91 Å². The fourth-order valence-electron chi connectivity index (χ4n) is 4.01. The van der Waals surface area contributed by atoms with Crippen LogP contribution in [0.4, 0.5) is 5.69 Å². The molecule has 0 unspecified atom stereocenters. The number of hydrogen-bond donors (Lipinski definition) is 2. The molecule has 4 rings (SSSR count). The highest BCUT2D eigenvalue weighted by Crippen LogP contribution is 2.28. The van der Waals surface area contributed by atoms with Crippen LogP contribution in [0.3, 0.4) is 0 Å². The van der Waals surface area contributed by atoms with Gasteiger partial charge in [0, 0.05) is 39.3 Å². The number of fused-ring (bicyclic) bond motifs is 1. The molecule has 2 heterocycles. The van der Waals surface area contributed by atoms with Gasteiger partial charge in [-0.05, 0) is 43.9 Å². The molecule has 0 bridgehead atoms. The summed E-state index contributed by atoms with van der Waals surface area (Å²) in [6, 6.07) is 13.7. The first-order valence-corrected chi connectivity index (χ1v) is 12.1. The first-order valence-electron chi connectivity index (χ1n) is 11.4. The Kier molecular flexibility index (Phi) is 8.63. The summed E-state index contributed by atoms with van der Waals surface area (Å²) in [6.07, 6.45) is 0.0717. The van der Waals surface area contributed by atoms with Crippen LogP contribution in [0.5, 0.6) is 5.75 Å². The number of ether oxygens (including phenoxy) is 1. The van der Waals surface area contributed by atoms with Gasteiger partial charge in [-0.3, -0.25) is 9.69 Å². The fraction of sp³-hybridized carbons (Fsp3) is 0.440. The van der Waals surface area contributed by atoms with Crippen molar-refractivity contribution in [2.24, 2.45) is 12.8 Å². The molecule has 2 aromatic carbocycles. The number of nitrogens with zero attached hydrogens (tertiary/aromatic N) is 4. The van der Waals surface area contributed by atoms with Gasteiger partial charge in [-0.2, -0.15) is 12.6 Å². The molecular formula is C25H35N5O2S. The lowest BCUT2D eigenvalue weighted by atomic mass is 10.1. The molecule has 0 aliphatic carbocycles. The Morgan fingerprint density at radius 2 is 1.82 bits per heavy atom. The Labute approximate surface area is 201 Å². The maximum Gasteiger partial charge on any atom is 0.250 e. The number of aryl methyl sites for hydroxylation is 1. The standard InChI is InChI=1S/C23H29N5O2.C2H6S/c1-16(2)30-17-8-9-18(23(24)29)21(14-17)28-12-10-27(11-13-28)15-22-25-19-6-4-5-7-20(19)26(22)3;1-2-3/h4-9,14,16H,10-13,15H2,1-3H3,(H2,24,29);3H,2H2,1H3. The van der Waals surface area contributed by atoms with E-state index in [1.165, 1.54) is 0 Å².